The third-order valence-corrected chi connectivity index (χ3v) is 13.2. The van der Waals surface area contributed by atoms with Gasteiger partial charge in [-0.2, -0.15) is 0 Å². The number of allylic oxidation sites excluding steroid dienone is 3. The van der Waals surface area contributed by atoms with Crippen molar-refractivity contribution in [3.63, 3.8) is 0 Å². The van der Waals surface area contributed by atoms with Gasteiger partial charge in [0.2, 0.25) is 0 Å². The maximum Gasteiger partial charge on any atom is 0.306 e. The van der Waals surface area contributed by atoms with Gasteiger partial charge in [-0.1, -0.05) is 117 Å². The van der Waals surface area contributed by atoms with Gasteiger partial charge in [-0.05, 0) is 117 Å². The van der Waals surface area contributed by atoms with Crippen LogP contribution in [0.5, 0.6) is 0 Å². The second kappa shape index (κ2) is 16.5. The van der Waals surface area contributed by atoms with Crippen LogP contribution in [0.2, 0.25) is 0 Å². The lowest BCUT2D eigenvalue weighted by molar-refractivity contribution is -0.151. The fourth-order valence-electron chi connectivity index (χ4n) is 10.6. The molecule has 0 amide bonds. The average molecular weight is 595 g/mol. The van der Waals surface area contributed by atoms with Gasteiger partial charge < -0.3 is 4.74 Å². The van der Waals surface area contributed by atoms with Crippen LogP contribution in [-0.2, 0) is 9.53 Å². The summed E-state index contributed by atoms with van der Waals surface area (Å²) in [4.78, 5) is 12.7. The van der Waals surface area contributed by atoms with E-state index >= 15 is 0 Å². The van der Waals surface area contributed by atoms with Crippen molar-refractivity contribution in [2.45, 2.75) is 182 Å². The number of esters is 1. The first-order valence-electron chi connectivity index (χ1n) is 19.2. The fraction of sp³-hybridized carbons (Fsp3) is 0.878. The van der Waals surface area contributed by atoms with Crippen LogP contribution in [0.1, 0.15) is 176 Å². The monoisotopic (exact) mass is 595 g/mol. The summed E-state index contributed by atoms with van der Waals surface area (Å²) in [7, 11) is 0. The van der Waals surface area contributed by atoms with E-state index in [4.69, 9.17) is 4.74 Å². The Kier molecular flexibility index (Phi) is 13.4. The van der Waals surface area contributed by atoms with Crippen LogP contribution in [0.3, 0.4) is 0 Å². The first kappa shape index (κ1) is 34.8. The van der Waals surface area contributed by atoms with E-state index in [9.17, 15) is 4.79 Å². The average Bonchev–Trinajstić information content (AvgIpc) is 3.33. The van der Waals surface area contributed by atoms with Crippen LogP contribution in [0.15, 0.2) is 23.8 Å². The molecule has 4 aliphatic carbocycles. The number of hydrogen-bond acceptors (Lipinski definition) is 2. The van der Waals surface area contributed by atoms with Gasteiger partial charge in [0.05, 0.1) is 0 Å². The van der Waals surface area contributed by atoms with E-state index in [-0.39, 0.29) is 12.1 Å². The first-order valence-corrected chi connectivity index (χ1v) is 19.2. The van der Waals surface area contributed by atoms with Crippen molar-refractivity contribution in [3.05, 3.63) is 23.8 Å². The van der Waals surface area contributed by atoms with E-state index in [2.05, 4.69) is 59.8 Å². The first-order chi connectivity index (χ1) is 20.7. The predicted octanol–water partition coefficient (Wildman–Crippen LogP) is 12.4. The third kappa shape index (κ3) is 8.82. The highest BCUT2D eigenvalue weighted by molar-refractivity contribution is 5.69. The van der Waals surface area contributed by atoms with Crippen LogP contribution < -0.4 is 0 Å². The third-order valence-electron chi connectivity index (χ3n) is 13.2. The molecule has 0 aliphatic heterocycles. The summed E-state index contributed by atoms with van der Waals surface area (Å²) in [5.74, 6) is 5.32. The molecule has 0 aromatic carbocycles. The summed E-state index contributed by atoms with van der Waals surface area (Å²) in [6.45, 7) is 14.9. The number of fused-ring (bicyclic) bond motifs is 5. The topological polar surface area (TPSA) is 26.3 Å². The Labute approximate surface area is 267 Å². The zero-order valence-electron chi connectivity index (χ0n) is 29.4. The number of carbonyl (C=O) groups excluding carboxylic acids is 1. The van der Waals surface area contributed by atoms with Gasteiger partial charge in [-0.25, -0.2) is 0 Å². The Morgan fingerprint density at radius 2 is 1.63 bits per heavy atom. The van der Waals surface area contributed by atoms with Crippen molar-refractivity contribution < 1.29 is 9.53 Å². The van der Waals surface area contributed by atoms with Gasteiger partial charge in [0, 0.05) is 12.8 Å². The number of hydrogen-bond donors (Lipinski definition) is 0. The molecule has 3 saturated carbocycles. The molecule has 0 heterocycles. The minimum atomic E-state index is 0.0506. The van der Waals surface area contributed by atoms with Crippen LogP contribution in [0.25, 0.3) is 0 Å². The van der Waals surface area contributed by atoms with Crippen molar-refractivity contribution in [1.29, 1.82) is 0 Å². The second-order valence-electron chi connectivity index (χ2n) is 16.6. The summed E-state index contributed by atoms with van der Waals surface area (Å²) in [5, 5.41) is 0. The van der Waals surface area contributed by atoms with Crippen LogP contribution >= 0.6 is 0 Å². The highest BCUT2D eigenvalue weighted by atomic mass is 16.5. The number of carbonyl (C=O) groups is 1. The Morgan fingerprint density at radius 1 is 0.884 bits per heavy atom. The molecule has 8 atom stereocenters. The molecule has 0 aromatic rings. The summed E-state index contributed by atoms with van der Waals surface area (Å²) >= 11 is 0. The van der Waals surface area contributed by atoms with Crippen molar-refractivity contribution >= 4 is 5.97 Å². The lowest BCUT2D eigenvalue weighted by atomic mass is 9.47. The van der Waals surface area contributed by atoms with E-state index < -0.39 is 0 Å². The normalized spacial score (nSPS) is 34.5. The lowest BCUT2D eigenvalue weighted by Gasteiger charge is -2.58. The summed E-state index contributed by atoms with van der Waals surface area (Å²) < 4.78 is 6.10. The summed E-state index contributed by atoms with van der Waals surface area (Å²) in [6.07, 6.45) is 33.6. The van der Waals surface area contributed by atoms with Crippen LogP contribution in [0.4, 0.5) is 0 Å². The van der Waals surface area contributed by atoms with E-state index in [1.807, 2.05) is 0 Å². The van der Waals surface area contributed by atoms with Gasteiger partial charge in [0.15, 0.2) is 0 Å². The maximum atomic E-state index is 12.7. The molecule has 0 radical (unpaired) electrons. The molecule has 0 spiro atoms. The van der Waals surface area contributed by atoms with Crippen molar-refractivity contribution in [2.24, 2.45) is 46.3 Å². The Morgan fingerprint density at radius 3 is 2.40 bits per heavy atom. The minimum Gasteiger partial charge on any atom is -0.462 e. The molecule has 2 nitrogen and oxygen atoms in total. The number of rotatable bonds is 17. The molecule has 0 bridgehead atoms. The predicted molar refractivity (Wildman–Crippen MR) is 184 cm³/mol. The highest BCUT2D eigenvalue weighted by Crippen LogP contribution is 2.67. The van der Waals surface area contributed by atoms with E-state index in [1.54, 1.807) is 5.57 Å². The van der Waals surface area contributed by atoms with Crippen LogP contribution in [0, 0.1) is 46.3 Å². The van der Waals surface area contributed by atoms with E-state index in [0.29, 0.717) is 17.3 Å². The van der Waals surface area contributed by atoms with Gasteiger partial charge >= 0.3 is 5.97 Å². The maximum absolute atomic E-state index is 12.7. The number of ether oxygens (including phenoxy) is 1. The molecule has 2 heteroatoms. The number of unbranched alkanes of at least 4 members (excludes halogenated alkanes) is 7. The molecule has 8 unspecified atom stereocenters. The zero-order chi connectivity index (χ0) is 30.9. The van der Waals surface area contributed by atoms with Gasteiger partial charge in [-0.3, -0.25) is 4.79 Å². The molecule has 4 rings (SSSR count). The van der Waals surface area contributed by atoms with Crippen molar-refractivity contribution in [3.8, 4) is 0 Å². The SMILES string of the molecule is CCCCC=CCCCCCCCC(=O)OC1CCC2(C)C(=CCC3C2CCC2(C)C(C(C)CCCC(C)C)CCC32)C1. The molecule has 0 aromatic heterocycles. The molecule has 43 heavy (non-hydrogen) atoms. The summed E-state index contributed by atoms with van der Waals surface area (Å²) in [5.41, 5.74) is 2.53. The molecule has 0 N–H and O–H groups in total. The second-order valence-corrected chi connectivity index (χ2v) is 16.6. The van der Waals surface area contributed by atoms with Gasteiger partial charge in [-0.15, -0.1) is 0 Å². The fourth-order valence-corrected chi connectivity index (χ4v) is 10.6. The largest absolute Gasteiger partial charge is 0.462 e. The highest BCUT2D eigenvalue weighted by Gasteiger charge is 2.59. The Balaban J connectivity index is 1.20. The van der Waals surface area contributed by atoms with Gasteiger partial charge in [0.25, 0.3) is 0 Å². The van der Waals surface area contributed by atoms with Crippen molar-refractivity contribution in [2.75, 3.05) is 0 Å². The molecule has 4 aliphatic rings. The zero-order valence-corrected chi connectivity index (χ0v) is 29.4. The van der Waals surface area contributed by atoms with E-state index in [1.165, 1.54) is 103 Å². The molecular weight excluding hydrogens is 524 g/mol. The van der Waals surface area contributed by atoms with E-state index in [0.717, 1.165) is 61.2 Å². The Bertz CT molecular complexity index is 915. The van der Waals surface area contributed by atoms with Gasteiger partial charge in [0.1, 0.15) is 6.10 Å². The molecular formula is C41H70O2. The standard InChI is InChI=1S/C41H70O2/c1-7-8-9-10-11-12-13-14-15-16-17-21-39(42)43-34-26-28-40(5)33(30-34)22-23-35-37-25-24-36(32(4)20-18-19-31(2)3)41(37,6)29-27-38(35)40/h10-11,22,31-32,34-38H,7-9,12-21,23-30H2,1-6H3. The molecule has 246 valence electrons. The molecule has 3 fully saturated rings. The molecule has 0 saturated heterocycles. The Hall–Kier alpha value is -1.05. The smallest absolute Gasteiger partial charge is 0.306 e. The van der Waals surface area contributed by atoms with Crippen molar-refractivity contribution in [1.82, 2.24) is 0 Å². The lowest BCUT2D eigenvalue weighted by Crippen LogP contribution is -2.51. The van der Waals surface area contributed by atoms with Crippen LogP contribution in [-0.4, -0.2) is 12.1 Å². The quantitative estimate of drug-likeness (QED) is 0.0951. The minimum absolute atomic E-state index is 0.0506. The summed E-state index contributed by atoms with van der Waals surface area (Å²) in [6, 6.07) is 0.